The van der Waals surface area contributed by atoms with Gasteiger partial charge in [-0.3, -0.25) is 9.59 Å². The van der Waals surface area contributed by atoms with Gasteiger partial charge in [0.1, 0.15) is 0 Å². The molecule has 0 bridgehead atoms. The Morgan fingerprint density at radius 2 is 1.93 bits per heavy atom. The number of pyridine rings is 1. The van der Waals surface area contributed by atoms with E-state index in [9.17, 15) is 9.59 Å². The minimum Gasteiger partial charge on any atom is -0.322 e. The summed E-state index contributed by atoms with van der Waals surface area (Å²) in [5, 5.41) is 4.28. The molecule has 27 heavy (non-hydrogen) atoms. The lowest BCUT2D eigenvalue weighted by Crippen LogP contribution is -2.21. The van der Waals surface area contributed by atoms with Crippen LogP contribution < -0.4 is 10.9 Å². The summed E-state index contributed by atoms with van der Waals surface area (Å²) in [6.45, 7) is 6.36. The first-order chi connectivity index (χ1) is 12.9. The Kier molecular flexibility index (Phi) is 5.71. The molecule has 0 radical (unpaired) electrons. The third-order valence-corrected chi connectivity index (χ3v) is 6.02. The lowest BCUT2D eigenvalue weighted by Gasteiger charge is -2.14. The van der Waals surface area contributed by atoms with Crippen molar-refractivity contribution in [2.24, 2.45) is 7.05 Å². The highest BCUT2D eigenvalue weighted by Crippen LogP contribution is 2.29. The van der Waals surface area contributed by atoms with E-state index in [1.165, 1.54) is 11.0 Å². The summed E-state index contributed by atoms with van der Waals surface area (Å²) in [5.74, 6) is -0.269. The molecule has 3 aromatic rings. The average molecular weight is 381 g/mol. The lowest BCUT2D eigenvalue weighted by atomic mass is 10.1. The molecule has 1 N–H and O–H groups in total. The van der Waals surface area contributed by atoms with Gasteiger partial charge in [-0.05, 0) is 43.2 Å². The minimum absolute atomic E-state index is 0.198. The fourth-order valence-electron chi connectivity index (χ4n) is 2.95. The normalized spacial score (nSPS) is 12.1. The van der Waals surface area contributed by atoms with E-state index in [0.29, 0.717) is 10.8 Å². The van der Waals surface area contributed by atoms with Gasteiger partial charge in [0.25, 0.3) is 11.5 Å². The van der Waals surface area contributed by atoms with E-state index in [1.807, 2.05) is 55.1 Å². The Hall–Kier alpha value is -2.53. The zero-order valence-electron chi connectivity index (χ0n) is 16.1. The molecule has 1 atom stereocenters. The van der Waals surface area contributed by atoms with Gasteiger partial charge >= 0.3 is 0 Å². The number of thioether (sulfide) groups is 1. The summed E-state index contributed by atoms with van der Waals surface area (Å²) in [5.41, 5.74) is 2.71. The van der Waals surface area contributed by atoms with Crippen LogP contribution in [-0.2, 0) is 7.05 Å². The van der Waals surface area contributed by atoms with E-state index in [1.54, 1.807) is 11.6 Å². The molecule has 0 aliphatic rings. The van der Waals surface area contributed by atoms with Crippen LogP contribution in [0.2, 0.25) is 0 Å². The molecule has 2 aromatic carbocycles. The largest absolute Gasteiger partial charge is 0.322 e. The van der Waals surface area contributed by atoms with Gasteiger partial charge in [-0.15, -0.1) is 11.8 Å². The number of hydrogen-bond donors (Lipinski definition) is 1. The number of nitrogens with one attached hydrogen (secondary N) is 1. The van der Waals surface area contributed by atoms with Crippen LogP contribution in [-0.4, -0.2) is 15.7 Å². The molecule has 1 unspecified atom stereocenters. The van der Waals surface area contributed by atoms with Gasteiger partial charge in [0.05, 0.1) is 11.1 Å². The highest BCUT2D eigenvalue weighted by atomic mass is 32.2. The van der Waals surface area contributed by atoms with Gasteiger partial charge in [0, 0.05) is 34.3 Å². The van der Waals surface area contributed by atoms with E-state index in [2.05, 4.69) is 25.2 Å². The van der Waals surface area contributed by atoms with Crippen molar-refractivity contribution in [2.75, 3.05) is 5.32 Å². The second-order valence-electron chi connectivity index (χ2n) is 6.74. The molecule has 3 rings (SSSR count). The van der Waals surface area contributed by atoms with Crippen molar-refractivity contribution in [1.29, 1.82) is 0 Å². The van der Waals surface area contributed by atoms with Crippen LogP contribution in [0.4, 0.5) is 5.69 Å². The Labute approximate surface area is 163 Å². The first-order valence-corrected chi connectivity index (χ1v) is 9.96. The first-order valence-electron chi connectivity index (χ1n) is 9.08. The summed E-state index contributed by atoms with van der Waals surface area (Å²) < 4.78 is 1.55. The van der Waals surface area contributed by atoms with Crippen LogP contribution in [0.3, 0.4) is 0 Å². The van der Waals surface area contributed by atoms with Crippen molar-refractivity contribution >= 4 is 34.3 Å². The monoisotopic (exact) mass is 380 g/mol. The smallest absolute Gasteiger partial charge is 0.256 e. The fraction of sp³-hybridized carbons (Fsp3) is 0.273. The molecule has 0 saturated heterocycles. The van der Waals surface area contributed by atoms with Gasteiger partial charge < -0.3 is 9.88 Å². The third kappa shape index (κ3) is 4.08. The topological polar surface area (TPSA) is 51.1 Å². The fourth-order valence-corrected chi connectivity index (χ4v) is 3.98. The van der Waals surface area contributed by atoms with Crippen molar-refractivity contribution in [1.82, 2.24) is 4.57 Å². The number of aromatic nitrogens is 1. The number of para-hydroxylation sites is 1. The van der Waals surface area contributed by atoms with Crippen molar-refractivity contribution in [3.05, 3.63) is 70.0 Å². The standard InChI is InChI=1S/C22H24N2O2S/c1-5-15(3)27-16-10-11-19(14(2)12-16)23-22(26)18-13-21(25)24(4)20-9-7-6-8-17(18)20/h6-13,15H,5H2,1-4H3,(H,23,26). The van der Waals surface area contributed by atoms with Crippen molar-refractivity contribution in [3.8, 4) is 0 Å². The number of benzene rings is 2. The van der Waals surface area contributed by atoms with Gasteiger partial charge in [0.15, 0.2) is 0 Å². The molecule has 1 amide bonds. The maximum atomic E-state index is 12.9. The number of nitrogens with zero attached hydrogens (tertiary/aromatic N) is 1. The Morgan fingerprint density at radius 3 is 2.63 bits per heavy atom. The molecule has 4 nitrogen and oxygen atoms in total. The second kappa shape index (κ2) is 8.01. The van der Waals surface area contributed by atoms with E-state index in [4.69, 9.17) is 0 Å². The quantitative estimate of drug-likeness (QED) is 0.635. The van der Waals surface area contributed by atoms with Crippen LogP contribution in [0.1, 0.15) is 36.2 Å². The SMILES string of the molecule is CCC(C)Sc1ccc(NC(=O)c2cc(=O)n(C)c3ccccc23)c(C)c1. The number of carbonyl (C=O) groups is 1. The van der Waals surface area contributed by atoms with E-state index in [0.717, 1.165) is 28.6 Å². The number of carbonyl (C=O) groups excluding carboxylic acids is 1. The third-order valence-electron chi connectivity index (χ3n) is 4.76. The Morgan fingerprint density at radius 1 is 1.19 bits per heavy atom. The van der Waals surface area contributed by atoms with Crippen molar-refractivity contribution < 1.29 is 4.79 Å². The molecule has 0 saturated carbocycles. The number of rotatable bonds is 5. The molecule has 5 heteroatoms. The van der Waals surface area contributed by atoms with Crippen molar-refractivity contribution in [3.63, 3.8) is 0 Å². The molecule has 0 aliphatic carbocycles. The van der Waals surface area contributed by atoms with Crippen LogP contribution in [0.15, 0.2) is 58.2 Å². The molecular weight excluding hydrogens is 356 g/mol. The summed E-state index contributed by atoms with van der Waals surface area (Å²) in [6.07, 6.45) is 1.11. The number of fused-ring (bicyclic) bond motifs is 1. The van der Waals surface area contributed by atoms with Gasteiger partial charge in [-0.2, -0.15) is 0 Å². The van der Waals surface area contributed by atoms with Crippen LogP contribution >= 0.6 is 11.8 Å². The molecule has 0 fully saturated rings. The second-order valence-corrected chi connectivity index (χ2v) is 8.25. The zero-order valence-corrected chi connectivity index (χ0v) is 16.9. The first kappa shape index (κ1) is 19.2. The maximum absolute atomic E-state index is 12.9. The van der Waals surface area contributed by atoms with Crippen molar-refractivity contribution in [2.45, 2.75) is 37.3 Å². The average Bonchev–Trinajstić information content (AvgIpc) is 2.66. The molecule has 140 valence electrons. The predicted molar refractivity (Wildman–Crippen MR) is 114 cm³/mol. The summed E-state index contributed by atoms with van der Waals surface area (Å²) in [7, 11) is 1.71. The highest BCUT2D eigenvalue weighted by molar-refractivity contribution is 7.99. The number of hydrogen-bond acceptors (Lipinski definition) is 3. The molecule has 1 heterocycles. The number of amides is 1. The van der Waals surface area contributed by atoms with Gasteiger partial charge in [0.2, 0.25) is 0 Å². The lowest BCUT2D eigenvalue weighted by molar-refractivity contribution is 0.102. The van der Waals surface area contributed by atoms with Crippen LogP contribution in [0.5, 0.6) is 0 Å². The predicted octanol–water partition coefficient (Wildman–Crippen LogP) is 4.99. The summed E-state index contributed by atoms with van der Waals surface area (Å²) in [6, 6.07) is 14.9. The van der Waals surface area contributed by atoms with Crippen LogP contribution in [0.25, 0.3) is 10.9 Å². The maximum Gasteiger partial charge on any atom is 0.256 e. The molecular formula is C22H24N2O2S. The van der Waals surface area contributed by atoms with E-state index in [-0.39, 0.29) is 11.5 Å². The Bertz CT molecular complexity index is 1060. The zero-order chi connectivity index (χ0) is 19.6. The van der Waals surface area contributed by atoms with Gasteiger partial charge in [-0.1, -0.05) is 32.0 Å². The molecule has 0 aliphatic heterocycles. The number of anilines is 1. The molecule has 0 spiro atoms. The Balaban J connectivity index is 1.91. The van der Waals surface area contributed by atoms with Gasteiger partial charge in [-0.25, -0.2) is 0 Å². The summed E-state index contributed by atoms with van der Waals surface area (Å²) in [4.78, 5) is 26.3. The minimum atomic E-state index is -0.269. The van der Waals surface area contributed by atoms with E-state index < -0.39 is 0 Å². The highest BCUT2D eigenvalue weighted by Gasteiger charge is 2.14. The van der Waals surface area contributed by atoms with E-state index >= 15 is 0 Å². The number of aryl methyl sites for hydroxylation is 2. The molecule has 1 aromatic heterocycles. The van der Waals surface area contributed by atoms with Crippen LogP contribution in [0, 0.1) is 6.92 Å². The summed E-state index contributed by atoms with van der Waals surface area (Å²) >= 11 is 1.83.